The van der Waals surface area contributed by atoms with Crippen molar-refractivity contribution in [2.24, 2.45) is 0 Å². The van der Waals surface area contributed by atoms with Crippen molar-refractivity contribution in [2.45, 2.75) is 0 Å². The third kappa shape index (κ3) is 3.77. The smallest absolute Gasteiger partial charge is 0.137 e. The van der Waals surface area contributed by atoms with Crippen molar-refractivity contribution in [1.29, 1.82) is 0 Å². The van der Waals surface area contributed by atoms with Crippen LogP contribution in [0.15, 0.2) is 158 Å². The Morgan fingerprint density at radius 2 is 1.02 bits per heavy atom. The molecule has 43 heavy (non-hydrogen) atoms. The average molecular weight is 547 g/mol. The van der Waals surface area contributed by atoms with Crippen molar-refractivity contribution >= 4 is 49.0 Å². The van der Waals surface area contributed by atoms with Gasteiger partial charge in [-0.2, -0.15) is 0 Å². The zero-order valence-electron chi connectivity index (χ0n) is 23.4. The number of fused-ring (bicyclic) bond motifs is 9. The van der Waals surface area contributed by atoms with Crippen LogP contribution in [0.3, 0.4) is 0 Å². The first-order valence-corrected chi connectivity index (χ1v) is 14.7. The molecular formula is C41H26N2. The van der Waals surface area contributed by atoms with Gasteiger partial charge in [0.15, 0.2) is 0 Å². The van der Waals surface area contributed by atoms with Crippen LogP contribution < -0.4 is 0 Å². The fourth-order valence-corrected chi connectivity index (χ4v) is 6.70. The van der Waals surface area contributed by atoms with Crippen LogP contribution in [0.4, 0.5) is 0 Å². The van der Waals surface area contributed by atoms with Crippen LogP contribution in [0, 0.1) is 0 Å². The molecule has 9 rings (SSSR count). The molecule has 2 heterocycles. The molecule has 0 saturated carbocycles. The summed E-state index contributed by atoms with van der Waals surface area (Å²) < 4.78 is 2.22. The molecule has 0 spiro atoms. The molecule has 0 atom stereocenters. The third-order valence-corrected chi connectivity index (χ3v) is 8.80. The number of pyridine rings is 1. The monoisotopic (exact) mass is 546 g/mol. The first-order chi connectivity index (χ1) is 21.3. The minimum atomic E-state index is 0.964. The molecule has 0 aliphatic heterocycles. The number of hydrogen-bond donors (Lipinski definition) is 0. The van der Waals surface area contributed by atoms with Gasteiger partial charge in [-0.15, -0.1) is 0 Å². The first-order valence-electron chi connectivity index (χ1n) is 14.7. The molecule has 7 aromatic carbocycles. The molecule has 0 aliphatic rings. The van der Waals surface area contributed by atoms with E-state index in [-0.39, 0.29) is 0 Å². The lowest BCUT2D eigenvalue weighted by atomic mass is 9.92. The Labute approximate surface area is 249 Å². The normalized spacial score (nSPS) is 11.7. The van der Waals surface area contributed by atoms with E-state index in [2.05, 4.69) is 162 Å². The predicted octanol–water partition coefficient (Wildman–Crippen LogP) is 10.9. The van der Waals surface area contributed by atoms with Gasteiger partial charge in [0.1, 0.15) is 5.65 Å². The molecule has 2 nitrogen and oxygen atoms in total. The summed E-state index contributed by atoms with van der Waals surface area (Å²) >= 11 is 0. The van der Waals surface area contributed by atoms with E-state index in [0.29, 0.717) is 0 Å². The van der Waals surface area contributed by atoms with E-state index in [1.165, 1.54) is 65.7 Å². The lowest BCUT2D eigenvalue weighted by Crippen LogP contribution is -1.88. The second-order valence-electron chi connectivity index (χ2n) is 11.2. The minimum absolute atomic E-state index is 0.964. The van der Waals surface area contributed by atoms with Gasteiger partial charge in [-0.3, -0.25) is 4.40 Å². The van der Waals surface area contributed by atoms with Crippen LogP contribution in [0.25, 0.3) is 82.4 Å². The molecule has 0 aliphatic carbocycles. The minimum Gasteiger partial charge on any atom is -0.299 e. The maximum Gasteiger partial charge on any atom is 0.137 e. The highest BCUT2D eigenvalue weighted by Gasteiger charge is 2.16. The van der Waals surface area contributed by atoms with Crippen molar-refractivity contribution < 1.29 is 0 Å². The van der Waals surface area contributed by atoms with E-state index in [1.54, 1.807) is 0 Å². The fourth-order valence-electron chi connectivity index (χ4n) is 6.70. The van der Waals surface area contributed by atoms with Crippen LogP contribution in [0.5, 0.6) is 0 Å². The maximum absolute atomic E-state index is 5.10. The summed E-state index contributed by atoms with van der Waals surface area (Å²) in [5.74, 6) is 0. The molecule has 0 saturated heterocycles. The number of nitrogens with zero attached hydrogens (tertiary/aromatic N) is 2. The maximum atomic E-state index is 5.10. The lowest BCUT2D eigenvalue weighted by molar-refractivity contribution is 1.23. The molecule has 0 fully saturated rings. The second kappa shape index (κ2) is 9.40. The molecule has 0 N–H and O–H groups in total. The average Bonchev–Trinajstić information content (AvgIpc) is 3.48. The van der Waals surface area contributed by atoms with Gasteiger partial charge in [-0.1, -0.05) is 127 Å². The van der Waals surface area contributed by atoms with Gasteiger partial charge in [0.05, 0.1) is 11.0 Å². The summed E-state index contributed by atoms with van der Waals surface area (Å²) in [5, 5.41) is 7.39. The number of hydrogen-bond acceptors (Lipinski definition) is 1. The van der Waals surface area contributed by atoms with Crippen molar-refractivity contribution in [3.05, 3.63) is 158 Å². The Kier molecular flexibility index (Phi) is 5.23. The van der Waals surface area contributed by atoms with Gasteiger partial charge < -0.3 is 0 Å². The summed E-state index contributed by atoms with van der Waals surface area (Å²) in [4.78, 5) is 5.10. The summed E-state index contributed by atoms with van der Waals surface area (Å²) in [5.41, 5.74) is 10.5. The molecule has 0 bridgehead atoms. The van der Waals surface area contributed by atoms with E-state index in [9.17, 15) is 0 Å². The van der Waals surface area contributed by atoms with Crippen molar-refractivity contribution in [1.82, 2.24) is 9.38 Å². The van der Waals surface area contributed by atoms with E-state index in [4.69, 9.17) is 4.98 Å². The first kappa shape index (κ1) is 23.9. The van der Waals surface area contributed by atoms with Gasteiger partial charge in [-0.25, -0.2) is 4.98 Å². The topological polar surface area (TPSA) is 17.3 Å². The van der Waals surface area contributed by atoms with Crippen molar-refractivity contribution in [3.8, 4) is 33.4 Å². The Hall–Kier alpha value is -5.73. The number of imidazole rings is 1. The summed E-state index contributed by atoms with van der Waals surface area (Å²) in [6.07, 6.45) is 2.12. The van der Waals surface area contributed by atoms with Crippen LogP contribution in [-0.4, -0.2) is 9.38 Å². The highest BCUT2D eigenvalue weighted by atomic mass is 15.0. The Morgan fingerprint density at radius 1 is 0.395 bits per heavy atom. The van der Waals surface area contributed by atoms with Gasteiger partial charge in [0.2, 0.25) is 0 Å². The van der Waals surface area contributed by atoms with E-state index >= 15 is 0 Å². The number of aromatic nitrogens is 2. The Balaban J connectivity index is 1.26. The zero-order valence-corrected chi connectivity index (χ0v) is 23.4. The molecule has 0 amide bonds. The van der Waals surface area contributed by atoms with E-state index in [1.807, 2.05) is 0 Å². The molecule has 0 unspecified atom stereocenters. The Morgan fingerprint density at radius 3 is 1.86 bits per heavy atom. The van der Waals surface area contributed by atoms with Gasteiger partial charge >= 0.3 is 0 Å². The van der Waals surface area contributed by atoms with Crippen LogP contribution in [0.1, 0.15) is 0 Å². The van der Waals surface area contributed by atoms with Crippen molar-refractivity contribution in [2.75, 3.05) is 0 Å². The lowest BCUT2D eigenvalue weighted by Gasteiger charge is -2.12. The highest BCUT2D eigenvalue weighted by Crippen LogP contribution is 2.39. The molecule has 2 aromatic heterocycles. The van der Waals surface area contributed by atoms with Crippen LogP contribution >= 0.6 is 0 Å². The number of benzene rings is 7. The molecule has 2 heteroatoms. The van der Waals surface area contributed by atoms with Crippen LogP contribution in [0.2, 0.25) is 0 Å². The Bertz CT molecular complexity index is 2480. The highest BCUT2D eigenvalue weighted by molar-refractivity contribution is 6.25. The molecule has 0 radical (unpaired) electrons. The van der Waals surface area contributed by atoms with E-state index in [0.717, 1.165) is 16.7 Å². The summed E-state index contributed by atoms with van der Waals surface area (Å²) in [6, 6.07) is 54.7. The zero-order chi connectivity index (χ0) is 28.3. The fraction of sp³-hybridized carbons (Fsp3) is 0. The van der Waals surface area contributed by atoms with Crippen LogP contribution in [-0.2, 0) is 0 Å². The standard InChI is InChI=1S/C41H26N2/c1-2-9-27(10-3-1)31-20-22-35-37(25-31)38-26-32(21-23-36(38)41-40(35)42-39-15-6-7-24-43(39)41)28-16-18-30(19-17-28)34-14-8-12-29-11-4-5-13-33(29)34/h1-26H. The van der Waals surface area contributed by atoms with Gasteiger partial charge in [-0.05, 0) is 79.2 Å². The van der Waals surface area contributed by atoms with E-state index < -0.39 is 0 Å². The summed E-state index contributed by atoms with van der Waals surface area (Å²) in [7, 11) is 0. The number of rotatable bonds is 3. The SMILES string of the molecule is c1ccc(-c2ccc3c(c2)c2cc(-c4ccc(-c5cccc6ccccc56)cc4)ccc2c2c3nc3ccccn32)cc1. The largest absolute Gasteiger partial charge is 0.299 e. The van der Waals surface area contributed by atoms with Gasteiger partial charge in [0.25, 0.3) is 0 Å². The quantitative estimate of drug-likeness (QED) is 0.201. The predicted molar refractivity (Wildman–Crippen MR) is 182 cm³/mol. The molecule has 9 aromatic rings. The molecular weight excluding hydrogens is 520 g/mol. The molecule has 200 valence electrons. The second-order valence-corrected chi connectivity index (χ2v) is 11.2. The summed E-state index contributed by atoms with van der Waals surface area (Å²) in [6.45, 7) is 0. The third-order valence-electron chi connectivity index (χ3n) is 8.80. The van der Waals surface area contributed by atoms with Crippen molar-refractivity contribution in [3.63, 3.8) is 0 Å². The van der Waals surface area contributed by atoms with Gasteiger partial charge in [0, 0.05) is 17.0 Å².